The Balaban J connectivity index is 1.63. The molecular weight excluding hydrogens is 222 g/mol. The molecule has 0 radical (unpaired) electrons. The molecule has 0 unspecified atom stereocenters. The van der Waals surface area contributed by atoms with E-state index < -0.39 is 0 Å². The number of nitriles is 1. The van der Waals surface area contributed by atoms with Gasteiger partial charge in [0.1, 0.15) is 11.8 Å². The molecule has 94 valence electrons. The van der Waals surface area contributed by atoms with Crippen molar-refractivity contribution in [2.24, 2.45) is 23.2 Å². The average Bonchev–Trinajstić information content (AvgIpc) is 2.73. The van der Waals surface area contributed by atoms with E-state index in [4.69, 9.17) is 5.26 Å². The summed E-state index contributed by atoms with van der Waals surface area (Å²) in [6.07, 6.45) is 10.3. The van der Waals surface area contributed by atoms with Crippen LogP contribution < -0.4 is 0 Å². The molecule has 1 aromatic heterocycles. The van der Waals surface area contributed by atoms with Gasteiger partial charge in [0, 0.05) is 6.54 Å². The van der Waals surface area contributed by atoms with Crippen molar-refractivity contribution in [1.29, 1.82) is 5.26 Å². The number of aromatic nitrogens is 2. The third-order valence-corrected chi connectivity index (χ3v) is 5.48. The van der Waals surface area contributed by atoms with Crippen molar-refractivity contribution in [2.45, 2.75) is 45.1 Å². The molecular formula is C15H19N3. The molecule has 18 heavy (non-hydrogen) atoms. The zero-order valence-electron chi connectivity index (χ0n) is 10.7. The van der Waals surface area contributed by atoms with Crippen molar-refractivity contribution in [2.75, 3.05) is 0 Å². The van der Waals surface area contributed by atoms with Crippen LogP contribution in [0.5, 0.6) is 0 Å². The maximum absolute atomic E-state index is 9.11. The molecule has 0 N–H and O–H groups in total. The Morgan fingerprint density at radius 1 is 1.22 bits per heavy atom. The first-order chi connectivity index (χ1) is 8.76. The van der Waals surface area contributed by atoms with Gasteiger partial charge in [-0.2, -0.15) is 10.4 Å². The van der Waals surface area contributed by atoms with Crippen LogP contribution in [0.4, 0.5) is 0 Å². The highest BCUT2D eigenvalue weighted by Gasteiger charge is 2.51. The van der Waals surface area contributed by atoms with Gasteiger partial charge in [-0.05, 0) is 67.8 Å². The lowest BCUT2D eigenvalue weighted by molar-refractivity contribution is -0.0636. The summed E-state index contributed by atoms with van der Waals surface area (Å²) in [5, 5.41) is 13.5. The molecule has 1 aromatic rings. The summed E-state index contributed by atoms with van der Waals surface area (Å²) < 4.78 is 1.95. The molecule has 4 aliphatic carbocycles. The van der Waals surface area contributed by atoms with Crippen LogP contribution in [-0.4, -0.2) is 9.78 Å². The second-order valence-corrected chi connectivity index (χ2v) is 6.90. The van der Waals surface area contributed by atoms with Crippen molar-refractivity contribution in [3.05, 3.63) is 18.0 Å². The molecule has 4 aliphatic rings. The summed E-state index contributed by atoms with van der Waals surface area (Å²) in [4.78, 5) is 0. The van der Waals surface area contributed by atoms with Crippen LogP contribution in [0.25, 0.3) is 0 Å². The zero-order chi connectivity index (χ0) is 12.2. The van der Waals surface area contributed by atoms with Gasteiger partial charge in [-0.25, -0.2) is 0 Å². The van der Waals surface area contributed by atoms with Crippen LogP contribution in [0.3, 0.4) is 0 Å². The van der Waals surface area contributed by atoms with Gasteiger partial charge in [0.15, 0.2) is 0 Å². The first-order valence-corrected chi connectivity index (χ1v) is 7.18. The highest BCUT2D eigenvalue weighted by molar-refractivity contribution is 5.18. The Hall–Kier alpha value is -1.30. The van der Waals surface area contributed by atoms with Crippen LogP contribution in [-0.2, 0) is 6.54 Å². The van der Waals surface area contributed by atoms with Crippen LogP contribution in [0, 0.1) is 34.5 Å². The molecule has 0 amide bonds. The maximum Gasteiger partial charge on any atom is 0.138 e. The first kappa shape index (κ1) is 10.6. The quantitative estimate of drug-likeness (QED) is 0.798. The van der Waals surface area contributed by atoms with E-state index in [1.54, 1.807) is 6.20 Å². The third kappa shape index (κ3) is 1.51. The summed E-state index contributed by atoms with van der Waals surface area (Å²) in [7, 11) is 0. The van der Waals surface area contributed by atoms with Gasteiger partial charge in [-0.15, -0.1) is 0 Å². The number of hydrogen-bond donors (Lipinski definition) is 0. The monoisotopic (exact) mass is 241 g/mol. The second-order valence-electron chi connectivity index (χ2n) is 6.90. The Labute approximate surface area is 108 Å². The smallest absolute Gasteiger partial charge is 0.138 e. The number of hydrogen-bond acceptors (Lipinski definition) is 2. The SMILES string of the molecule is N#Cc1ccnn1CC12CC3CC(CC(C3)C1)C2. The second kappa shape index (κ2) is 3.60. The van der Waals surface area contributed by atoms with E-state index in [9.17, 15) is 0 Å². The van der Waals surface area contributed by atoms with Gasteiger partial charge in [0.25, 0.3) is 0 Å². The summed E-state index contributed by atoms with van der Waals surface area (Å²) in [6, 6.07) is 4.09. The summed E-state index contributed by atoms with van der Waals surface area (Å²) >= 11 is 0. The van der Waals surface area contributed by atoms with E-state index in [-0.39, 0.29) is 0 Å². The Morgan fingerprint density at radius 3 is 2.39 bits per heavy atom. The van der Waals surface area contributed by atoms with E-state index in [0.717, 1.165) is 30.0 Å². The van der Waals surface area contributed by atoms with Gasteiger partial charge >= 0.3 is 0 Å². The fraction of sp³-hybridized carbons (Fsp3) is 0.733. The predicted octanol–water partition coefficient (Wildman–Crippen LogP) is 2.97. The lowest BCUT2D eigenvalue weighted by Gasteiger charge is -2.56. The van der Waals surface area contributed by atoms with E-state index in [1.165, 1.54) is 38.5 Å². The van der Waals surface area contributed by atoms with Gasteiger partial charge in [-0.1, -0.05) is 0 Å². The molecule has 5 rings (SSSR count). The molecule has 0 aromatic carbocycles. The summed E-state index contributed by atoms with van der Waals surface area (Å²) in [5.41, 5.74) is 1.19. The standard InChI is InChI=1S/C15H19N3/c16-9-14-1-2-17-18(14)10-15-6-11-3-12(7-15)5-13(4-11)8-15/h1-2,11-13H,3-8,10H2. The Bertz CT molecular complexity index is 473. The Kier molecular flexibility index (Phi) is 2.12. The number of rotatable bonds is 2. The molecule has 3 nitrogen and oxygen atoms in total. The van der Waals surface area contributed by atoms with Gasteiger partial charge in [-0.3, -0.25) is 4.68 Å². The fourth-order valence-electron chi connectivity index (χ4n) is 5.35. The minimum atomic E-state index is 0.465. The molecule has 4 fully saturated rings. The van der Waals surface area contributed by atoms with Crippen molar-refractivity contribution in [1.82, 2.24) is 9.78 Å². The molecule has 0 atom stereocenters. The minimum Gasteiger partial charge on any atom is -0.254 e. The molecule has 0 saturated heterocycles. The van der Waals surface area contributed by atoms with Gasteiger partial charge in [0.2, 0.25) is 0 Å². The molecule has 1 heterocycles. The lowest BCUT2D eigenvalue weighted by atomic mass is 9.49. The molecule has 4 saturated carbocycles. The van der Waals surface area contributed by atoms with E-state index in [0.29, 0.717) is 5.41 Å². The van der Waals surface area contributed by atoms with Crippen LogP contribution in [0.15, 0.2) is 12.3 Å². The molecule has 3 heteroatoms. The molecule has 0 aliphatic heterocycles. The van der Waals surface area contributed by atoms with Gasteiger partial charge in [0.05, 0.1) is 6.20 Å². The predicted molar refractivity (Wildman–Crippen MR) is 67.5 cm³/mol. The van der Waals surface area contributed by atoms with Crippen molar-refractivity contribution >= 4 is 0 Å². The van der Waals surface area contributed by atoms with Crippen LogP contribution >= 0.6 is 0 Å². The zero-order valence-corrected chi connectivity index (χ0v) is 10.7. The topological polar surface area (TPSA) is 41.6 Å². The highest BCUT2D eigenvalue weighted by atomic mass is 15.3. The molecule has 0 spiro atoms. The van der Waals surface area contributed by atoms with E-state index >= 15 is 0 Å². The number of nitrogens with zero attached hydrogens (tertiary/aromatic N) is 3. The Morgan fingerprint density at radius 2 is 1.83 bits per heavy atom. The largest absolute Gasteiger partial charge is 0.254 e. The van der Waals surface area contributed by atoms with Crippen molar-refractivity contribution < 1.29 is 0 Å². The summed E-state index contributed by atoms with van der Waals surface area (Å²) in [6.45, 7) is 0.979. The summed E-state index contributed by atoms with van der Waals surface area (Å²) in [5.74, 6) is 2.91. The normalized spacial score (nSPS) is 40.9. The fourth-order valence-corrected chi connectivity index (χ4v) is 5.35. The first-order valence-electron chi connectivity index (χ1n) is 7.18. The van der Waals surface area contributed by atoms with Crippen LogP contribution in [0.1, 0.15) is 44.2 Å². The third-order valence-electron chi connectivity index (χ3n) is 5.48. The average molecular weight is 241 g/mol. The van der Waals surface area contributed by atoms with Crippen molar-refractivity contribution in [3.63, 3.8) is 0 Å². The highest BCUT2D eigenvalue weighted by Crippen LogP contribution is 2.60. The van der Waals surface area contributed by atoms with E-state index in [2.05, 4.69) is 11.2 Å². The van der Waals surface area contributed by atoms with Crippen LogP contribution in [0.2, 0.25) is 0 Å². The van der Waals surface area contributed by atoms with E-state index in [1.807, 2.05) is 10.7 Å². The lowest BCUT2D eigenvalue weighted by Crippen LogP contribution is -2.48. The maximum atomic E-state index is 9.11. The minimum absolute atomic E-state index is 0.465. The van der Waals surface area contributed by atoms with Gasteiger partial charge < -0.3 is 0 Å². The van der Waals surface area contributed by atoms with Crippen molar-refractivity contribution in [3.8, 4) is 6.07 Å². The molecule has 4 bridgehead atoms.